The number of aryl methyl sites for hydroxylation is 1. The first-order chi connectivity index (χ1) is 9.04. The molecule has 1 aliphatic rings. The SMILES string of the molecule is Cc1sc(C2C[C@H](N)c3cc(Cl)ccc3O2)cc1Br. The summed E-state index contributed by atoms with van der Waals surface area (Å²) in [7, 11) is 0. The quantitative estimate of drug-likeness (QED) is 0.779. The molecule has 2 aromatic rings. The Hall–Kier alpha value is -0.550. The molecule has 19 heavy (non-hydrogen) atoms. The van der Waals surface area contributed by atoms with Gasteiger partial charge in [-0.2, -0.15) is 0 Å². The van der Waals surface area contributed by atoms with Crippen molar-refractivity contribution in [3.05, 3.63) is 49.1 Å². The van der Waals surface area contributed by atoms with Crippen LogP contribution in [0.2, 0.25) is 5.02 Å². The van der Waals surface area contributed by atoms with Crippen molar-refractivity contribution in [3.8, 4) is 5.75 Å². The van der Waals surface area contributed by atoms with E-state index in [1.807, 2.05) is 18.2 Å². The van der Waals surface area contributed by atoms with Crippen LogP contribution in [-0.4, -0.2) is 0 Å². The molecule has 5 heteroatoms. The van der Waals surface area contributed by atoms with E-state index in [1.54, 1.807) is 11.3 Å². The summed E-state index contributed by atoms with van der Waals surface area (Å²) in [6, 6.07) is 7.73. The van der Waals surface area contributed by atoms with Gasteiger partial charge < -0.3 is 10.5 Å². The summed E-state index contributed by atoms with van der Waals surface area (Å²) in [6.07, 6.45) is 0.804. The van der Waals surface area contributed by atoms with Gasteiger partial charge in [0.25, 0.3) is 0 Å². The number of halogens is 2. The van der Waals surface area contributed by atoms with E-state index >= 15 is 0 Å². The molecule has 0 fully saturated rings. The molecule has 100 valence electrons. The van der Waals surface area contributed by atoms with E-state index in [4.69, 9.17) is 22.1 Å². The van der Waals surface area contributed by atoms with Crippen LogP contribution in [0.1, 0.15) is 33.9 Å². The van der Waals surface area contributed by atoms with Gasteiger partial charge in [0.2, 0.25) is 0 Å². The first kappa shape index (κ1) is 13.4. The van der Waals surface area contributed by atoms with Crippen LogP contribution in [0, 0.1) is 6.92 Å². The maximum absolute atomic E-state index is 6.24. The average molecular weight is 359 g/mol. The molecule has 0 bridgehead atoms. The minimum Gasteiger partial charge on any atom is -0.484 e. The van der Waals surface area contributed by atoms with Crippen LogP contribution in [0.3, 0.4) is 0 Å². The van der Waals surface area contributed by atoms with E-state index in [0.717, 1.165) is 22.2 Å². The number of rotatable bonds is 1. The molecule has 1 unspecified atom stereocenters. The van der Waals surface area contributed by atoms with E-state index in [0.29, 0.717) is 5.02 Å². The van der Waals surface area contributed by atoms with Crippen LogP contribution in [0.5, 0.6) is 5.75 Å². The molecule has 2 nitrogen and oxygen atoms in total. The van der Waals surface area contributed by atoms with Crippen molar-refractivity contribution in [2.75, 3.05) is 0 Å². The second-order valence-corrected chi connectivity index (χ2v) is 7.26. The molecule has 0 saturated heterocycles. The smallest absolute Gasteiger partial charge is 0.135 e. The zero-order valence-electron chi connectivity index (χ0n) is 10.3. The van der Waals surface area contributed by atoms with Gasteiger partial charge in [-0.25, -0.2) is 0 Å². The number of benzene rings is 1. The molecule has 2 atom stereocenters. The first-order valence-electron chi connectivity index (χ1n) is 6.02. The van der Waals surface area contributed by atoms with Crippen LogP contribution in [0.25, 0.3) is 0 Å². The molecule has 2 N–H and O–H groups in total. The van der Waals surface area contributed by atoms with Crippen molar-refractivity contribution >= 4 is 38.9 Å². The fraction of sp³-hybridized carbons (Fsp3) is 0.286. The number of hydrogen-bond acceptors (Lipinski definition) is 3. The predicted molar refractivity (Wildman–Crippen MR) is 83.1 cm³/mol. The van der Waals surface area contributed by atoms with Gasteiger partial charge in [-0.3, -0.25) is 0 Å². The van der Waals surface area contributed by atoms with Crippen LogP contribution in [0.4, 0.5) is 0 Å². The third kappa shape index (κ3) is 2.55. The molecule has 0 amide bonds. The van der Waals surface area contributed by atoms with Crippen molar-refractivity contribution in [1.29, 1.82) is 0 Å². The molecular formula is C14H13BrClNOS. The van der Waals surface area contributed by atoms with Crippen molar-refractivity contribution < 1.29 is 4.74 Å². The highest BCUT2D eigenvalue weighted by atomic mass is 79.9. The minimum atomic E-state index is -0.0337. The lowest BCUT2D eigenvalue weighted by Gasteiger charge is -2.29. The van der Waals surface area contributed by atoms with Gasteiger partial charge in [-0.15, -0.1) is 11.3 Å². The standard InChI is InChI=1S/C14H13BrClNOS/c1-7-10(15)5-14(19-7)13-6-11(17)9-4-8(16)2-3-12(9)18-13/h2-5,11,13H,6,17H2,1H3/t11-,13?/m0/s1. The van der Waals surface area contributed by atoms with E-state index < -0.39 is 0 Å². The third-order valence-corrected chi connectivity index (χ3v) is 5.77. The maximum Gasteiger partial charge on any atom is 0.135 e. The fourth-order valence-corrected chi connectivity index (χ4v) is 4.07. The Kier molecular flexibility index (Phi) is 3.60. The zero-order valence-corrected chi connectivity index (χ0v) is 13.5. The van der Waals surface area contributed by atoms with E-state index in [1.165, 1.54) is 9.75 Å². The van der Waals surface area contributed by atoms with E-state index in [-0.39, 0.29) is 12.1 Å². The Morgan fingerprint density at radius 2 is 2.21 bits per heavy atom. The van der Waals surface area contributed by atoms with Gasteiger partial charge in [0, 0.05) is 37.3 Å². The monoisotopic (exact) mass is 357 g/mol. The summed E-state index contributed by atoms with van der Waals surface area (Å²) in [5, 5.41) is 0.700. The van der Waals surface area contributed by atoms with Crippen LogP contribution < -0.4 is 10.5 Å². The van der Waals surface area contributed by atoms with Gasteiger partial charge in [-0.1, -0.05) is 11.6 Å². The highest BCUT2D eigenvalue weighted by Crippen LogP contribution is 2.43. The van der Waals surface area contributed by atoms with Crippen LogP contribution in [-0.2, 0) is 0 Å². The molecular weight excluding hydrogens is 346 g/mol. The second kappa shape index (κ2) is 5.09. The Bertz CT molecular complexity index is 608. The van der Waals surface area contributed by atoms with Gasteiger partial charge in [-0.05, 0) is 47.1 Å². The molecule has 0 radical (unpaired) electrons. The number of thiophene rings is 1. The zero-order chi connectivity index (χ0) is 13.6. The summed E-state index contributed by atoms with van der Waals surface area (Å²) in [4.78, 5) is 2.47. The maximum atomic E-state index is 6.24. The van der Waals surface area contributed by atoms with Crippen molar-refractivity contribution in [2.45, 2.75) is 25.5 Å². The molecule has 3 rings (SSSR count). The summed E-state index contributed by atoms with van der Waals surface area (Å²) < 4.78 is 7.19. The van der Waals surface area contributed by atoms with Crippen LogP contribution >= 0.6 is 38.9 Å². The van der Waals surface area contributed by atoms with Crippen LogP contribution in [0.15, 0.2) is 28.7 Å². The summed E-state index contributed by atoms with van der Waals surface area (Å²) in [5.41, 5.74) is 7.24. The molecule has 1 aromatic carbocycles. The van der Waals surface area contributed by atoms with Gasteiger partial charge in [0.1, 0.15) is 11.9 Å². The van der Waals surface area contributed by atoms with Crippen molar-refractivity contribution in [1.82, 2.24) is 0 Å². The molecule has 1 aliphatic heterocycles. The van der Waals surface area contributed by atoms with Gasteiger partial charge in [0.05, 0.1) is 0 Å². The fourth-order valence-electron chi connectivity index (χ4n) is 2.29. The largest absolute Gasteiger partial charge is 0.484 e. The topological polar surface area (TPSA) is 35.2 Å². The van der Waals surface area contributed by atoms with E-state index in [2.05, 4.69) is 28.9 Å². The molecule has 2 heterocycles. The number of nitrogens with two attached hydrogens (primary N) is 1. The van der Waals surface area contributed by atoms with E-state index in [9.17, 15) is 0 Å². The van der Waals surface area contributed by atoms with Gasteiger partial charge >= 0.3 is 0 Å². The second-order valence-electron chi connectivity index (χ2n) is 4.68. The lowest BCUT2D eigenvalue weighted by Crippen LogP contribution is -2.23. The number of ether oxygens (including phenoxy) is 1. The third-order valence-electron chi connectivity index (χ3n) is 3.30. The Morgan fingerprint density at radius 1 is 1.42 bits per heavy atom. The Balaban J connectivity index is 1.94. The van der Waals surface area contributed by atoms with Crippen molar-refractivity contribution in [2.24, 2.45) is 5.73 Å². The minimum absolute atomic E-state index is 0.0266. The Labute approximate surface area is 129 Å². The van der Waals surface area contributed by atoms with Gasteiger partial charge in [0.15, 0.2) is 0 Å². The highest BCUT2D eigenvalue weighted by Gasteiger charge is 2.28. The lowest BCUT2D eigenvalue weighted by atomic mass is 9.96. The Morgan fingerprint density at radius 3 is 2.89 bits per heavy atom. The van der Waals surface area contributed by atoms with Crippen molar-refractivity contribution in [3.63, 3.8) is 0 Å². The summed E-state index contributed by atoms with van der Waals surface area (Å²) >= 11 is 11.3. The molecule has 0 aliphatic carbocycles. The summed E-state index contributed by atoms with van der Waals surface area (Å²) in [6.45, 7) is 2.09. The number of hydrogen-bond donors (Lipinski definition) is 1. The average Bonchev–Trinajstić information content (AvgIpc) is 2.70. The number of fused-ring (bicyclic) bond motifs is 1. The molecule has 0 spiro atoms. The molecule has 1 aromatic heterocycles. The first-order valence-corrected chi connectivity index (χ1v) is 8.01. The predicted octanol–water partition coefficient (Wildman–Crippen LogP) is 5.00. The summed E-state index contributed by atoms with van der Waals surface area (Å²) in [5.74, 6) is 0.843. The normalized spacial score (nSPS) is 21.9. The molecule has 0 saturated carbocycles. The highest BCUT2D eigenvalue weighted by molar-refractivity contribution is 9.10. The lowest BCUT2D eigenvalue weighted by molar-refractivity contribution is 0.165.